The number of unbranched alkanes of at least 4 members (excludes halogenated alkanes) is 2. The Morgan fingerprint density at radius 1 is 1.39 bits per heavy atom. The maximum Gasteiger partial charge on any atom is 0.332 e. The summed E-state index contributed by atoms with van der Waals surface area (Å²) in [5, 5.41) is 11.0. The Morgan fingerprint density at radius 3 is 2.61 bits per heavy atom. The molecule has 0 spiro atoms. The molecule has 1 aromatic heterocycles. The van der Waals surface area contributed by atoms with Crippen molar-refractivity contribution < 1.29 is 4.92 Å². The summed E-state index contributed by atoms with van der Waals surface area (Å²) < 4.78 is 0. The molecule has 1 heterocycles. The third-order valence-corrected chi connectivity index (χ3v) is 2.70. The first-order valence-electron chi connectivity index (χ1n) is 5.97. The molecule has 0 aromatic carbocycles. The minimum atomic E-state index is -0.458. The van der Waals surface area contributed by atoms with Gasteiger partial charge in [-0.25, -0.2) is 4.98 Å². The van der Waals surface area contributed by atoms with Crippen LogP contribution >= 0.6 is 0 Å². The van der Waals surface area contributed by atoms with E-state index in [1.54, 1.807) is 18.9 Å². The van der Waals surface area contributed by atoms with Crippen LogP contribution in [0.25, 0.3) is 0 Å². The molecular weight excluding hydrogens is 234 g/mol. The second kappa shape index (κ2) is 6.13. The molecule has 2 N–H and O–H groups in total. The lowest BCUT2D eigenvalue weighted by molar-refractivity contribution is -0.385. The van der Waals surface area contributed by atoms with E-state index in [9.17, 15) is 10.1 Å². The van der Waals surface area contributed by atoms with Crippen molar-refractivity contribution in [2.75, 3.05) is 24.2 Å². The van der Waals surface area contributed by atoms with Gasteiger partial charge in [0.2, 0.25) is 11.8 Å². The highest BCUT2D eigenvalue weighted by molar-refractivity contribution is 5.61. The Morgan fingerprint density at radius 2 is 2.06 bits per heavy atom. The van der Waals surface area contributed by atoms with Crippen molar-refractivity contribution in [1.82, 2.24) is 9.97 Å². The molecule has 0 aliphatic rings. The number of anilines is 2. The maximum absolute atomic E-state index is 11.0. The number of hydrogen-bond donors (Lipinski definition) is 1. The lowest BCUT2D eigenvalue weighted by Crippen LogP contribution is -2.22. The van der Waals surface area contributed by atoms with Gasteiger partial charge in [0.25, 0.3) is 0 Å². The number of aryl methyl sites for hydroxylation is 1. The molecule has 0 saturated carbocycles. The lowest BCUT2D eigenvalue weighted by Gasteiger charge is -2.18. The van der Waals surface area contributed by atoms with E-state index in [1.807, 2.05) is 0 Å². The van der Waals surface area contributed by atoms with Gasteiger partial charge in [-0.3, -0.25) is 10.1 Å². The number of nitrogen functional groups attached to an aromatic ring is 1. The summed E-state index contributed by atoms with van der Waals surface area (Å²) >= 11 is 0. The zero-order valence-corrected chi connectivity index (χ0v) is 11.0. The summed E-state index contributed by atoms with van der Waals surface area (Å²) in [5.41, 5.74) is 5.78. The standard InChI is InChI=1S/C11H19N5O2/c1-4-5-6-7-15(3)10-9(16(17)18)8(2)13-11(12)14-10/h4-7H2,1-3H3,(H2,12,13,14). The van der Waals surface area contributed by atoms with Crippen molar-refractivity contribution in [3.05, 3.63) is 15.8 Å². The molecule has 0 radical (unpaired) electrons. The van der Waals surface area contributed by atoms with Crippen molar-refractivity contribution in [2.24, 2.45) is 0 Å². The fraction of sp³-hybridized carbons (Fsp3) is 0.636. The van der Waals surface area contributed by atoms with E-state index in [4.69, 9.17) is 5.73 Å². The third-order valence-electron chi connectivity index (χ3n) is 2.70. The molecule has 0 bridgehead atoms. The Hall–Kier alpha value is -1.92. The van der Waals surface area contributed by atoms with Crippen molar-refractivity contribution >= 4 is 17.5 Å². The Balaban J connectivity index is 3.02. The monoisotopic (exact) mass is 253 g/mol. The highest BCUT2D eigenvalue weighted by Gasteiger charge is 2.23. The van der Waals surface area contributed by atoms with Gasteiger partial charge in [0.1, 0.15) is 5.69 Å². The van der Waals surface area contributed by atoms with Crippen LogP contribution in [0.4, 0.5) is 17.5 Å². The zero-order chi connectivity index (χ0) is 13.7. The predicted molar refractivity (Wildman–Crippen MR) is 70.6 cm³/mol. The number of hydrogen-bond acceptors (Lipinski definition) is 6. The zero-order valence-electron chi connectivity index (χ0n) is 11.0. The summed E-state index contributed by atoms with van der Waals surface area (Å²) in [4.78, 5) is 20.2. The van der Waals surface area contributed by atoms with Crippen LogP contribution in [0.5, 0.6) is 0 Å². The van der Waals surface area contributed by atoms with Crippen LogP contribution in [0, 0.1) is 17.0 Å². The molecule has 0 aliphatic carbocycles. The summed E-state index contributed by atoms with van der Waals surface area (Å²) in [6, 6.07) is 0. The van der Waals surface area contributed by atoms with E-state index >= 15 is 0 Å². The van der Waals surface area contributed by atoms with Gasteiger partial charge < -0.3 is 10.6 Å². The normalized spacial score (nSPS) is 10.4. The second-order valence-electron chi connectivity index (χ2n) is 4.23. The molecule has 0 aliphatic heterocycles. The fourth-order valence-electron chi connectivity index (χ4n) is 1.76. The van der Waals surface area contributed by atoms with E-state index in [0.717, 1.165) is 19.3 Å². The SMILES string of the molecule is CCCCCN(C)c1nc(N)nc(C)c1[N+](=O)[O-]. The topological polar surface area (TPSA) is 98.2 Å². The Kier molecular flexibility index (Phi) is 4.82. The number of nitro groups is 1. The molecule has 1 aromatic rings. The van der Waals surface area contributed by atoms with Crippen LogP contribution in [0.1, 0.15) is 31.9 Å². The van der Waals surface area contributed by atoms with Gasteiger partial charge in [-0.05, 0) is 13.3 Å². The molecule has 100 valence electrons. The van der Waals surface area contributed by atoms with Crippen LogP contribution in [0.15, 0.2) is 0 Å². The van der Waals surface area contributed by atoms with Gasteiger partial charge in [-0.15, -0.1) is 0 Å². The highest BCUT2D eigenvalue weighted by Crippen LogP contribution is 2.28. The van der Waals surface area contributed by atoms with Crippen molar-refractivity contribution in [3.8, 4) is 0 Å². The molecule has 0 saturated heterocycles. The largest absolute Gasteiger partial charge is 0.368 e. The number of rotatable bonds is 6. The molecule has 18 heavy (non-hydrogen) atoms. The Labute approximate surface area is 106 Å². The van der Waals surface area contributed by atoms with Crippen LogP contribution in [-0.4, -0.2) is 28.5 Å². The fourth-order valence-corrected chi connectivity index (χ4v) is 1.76. The molecule has 7 heteroatoms. The molecule has 0 amide bonds. The summed E-state index contributed by atoms with van der Waals surface area (Å²) in [6.07, 6.45) is 3.14. The van der Waals surface area contributed by atoms with Gasteiger partial charge in [0.15, 0.2) is 0 Å². The lowest BCUT2D eigenvalue weighted by atomic mass is 10.2. The first-order chi connectivity index (χ1) is 8.47. The third kappa shape index (κ3) is 3.28. The van der Waals surface area contributed by atoms with E-state index in [0.29, 0.717) is 18.1 Å². The summed E-state index contributed by atoms with van der Waals surface area (Å²) in [6.45, 7) is 4.39. The van der Waals surface area contributed by atoms with E-state index in [1.165, 1.54) is 0 Å². The average molecular weight is 253 g/mol. The molecular formula is C11H19N5O2. The van der Waals surface area contributed by atoms with Crippen molar-refractivity contribution in [1.29, 1.82) is 0 Å². The highest BCUT2D eigenvalue weighted by atomic mass is 16.6. The van der Waals surface area contributed by atoms with Crippen LogP contribution < -0.4 is 10.6 Å². The van der Waals surface area contributed by atoms with E-state index in [-0.39, 0.29) is 11.6 Å². The van der Waals surface area contributed by atoms with E-state index in [2.05, 4.69) is 16.9 Å². The van der Waals surface area contributed by atoms with Gasteiger partial charge in [-0.1, -0.05) is 19.8 Å². The first kappa shape index (κ1) is 14.1. The van der Waals surface area contributed by atoms with Crippen LogP contribution in [0.3, 0.4) is 0 Å². The first-order valence-corrected chi connectivity index (χ1v) is 5.97. The second-order valence-corrected chi connectivity index (χ2v) is 4.23. The van der Waals surface area contributed by atoms with Crippen LogP contribution in [0.2, 0.25) is 0 Å². The predicted octanol–water partition coefficient (Wildman–Crippen LogP) is 1.90. The Bertz CT molecular complexity index is 436. The minimum absolute atomic E-state index is 0.0652. The van der Waals surface area contributed by atoms with Gasteiger partial charge in [0.05, 0.1) is 4.92 Å². The molecule has 0 unspecified atom stereocenters. The average Bonchev–Trinajstić information content (AvgIpc) is 2.27. The quantitative estimate of drug-likeness (QED) is 0.472. The molecule has 7 nitrogen and oxygen atoms in total. The number of nitrogens with two attached hydrogens (primary N) is 1. The summed E-state index contributed by atoms with van der Waals surface area (Å²) in [5.74, 6) is 0.358. The smallest absolute Gasteiger partial charge is 0.332 e. The minimum Gasteiger partial charge on any atom is -0.368 e. The molecule has 0 fully saturated rings. The van der Waals surface area contributed by atoms with Gasteiger partial charge >= 0.3 is 5.69 Å². The maximum atomic E-state index is 11.0. The van der Waals surface area contributed by atoms with E-state index < -0.39 is 4.92 Å². The van der Waals surface area contributed by atoms with Gasteiger partial charge in [-0.2, -0.15) is 4.98 Å². The van der Waals surface area contributed by atoms with Crippen LogP contribution in [-0.2, 0) is 0 Å². The number of aromatic nitrogens is 2. The molecule has 1 rings (SSSR count). The van der Waals surface area contributed by atoms with Crippen molar-refractivity contribution in [3.63, 3.8) is 0 Å². The van der Waals surface area contributed by atoms with Crippen molar-refractivity contribution in [2.45, 2.75) is 33.1 Å². The van der Waals surface area contributed by atoms with Gasteiger partial charge in [0, 0.05) is 13.6 Å². The number of nitrogens with zero attached hydrogens (tertiary/aromatic N) is 4. The molecule has 0 atom stereocenters. The summed E-state index contributed by atoms with van der Waals surface area (Å²) in [7, 11) is 1.78.